The van der Waals surface area contributed by atoms with E-state index in [0.717, 1.165) is 41.2 Å². The SMILES string of the molecule is COc1cc(/C=N\NC(=O)c2ccc(-c3csc(Nc4ccccc4)n3)cc2)cc(I)c1OCc1ccc(Br)cc1. The summed E-state index contributed by atoms with van der Waals surface area (Å²) in [6, 6.07) is 28.8. The molecule has 0 aliphatic rings. The van der Waals surface area contributed by atoms with Gasteiger partial charge < -0.3 is 14.8 Å². The number of hydrogen-bond donors (Lipinski definition) is 2. The molecule has 5 rings (SSSR count). The lowest BCUT2D eigenvalue weighted by molar-refractivity contribution is 0.0955. The van der Waals surface area contributed by atoms with Crippen LogP contribution in [0.5, 0.6) is 11.5 Å². The number of hydrazone groups is 1. The highest BCUT2D eigenvalue weighted by molar-refractivity contribution is 14.1. The molecule has 1 aromatic heterocycles. The van der Waals surface area contributed by atoms with Crippen molar-refractivity contribution in [2.75, 3.05) is 12.4 Å². The second-order valence-electron chi connectivity index (χ2n) is 8.75. The number of ether oxygens (including phenoxy) is 2. The monoisotopic (exact) mass is 738 g/mol. The maximum atomic E-state index is 12.7. The van der Waals surface area contributed by atoms with Gasteiger partial charge in [-0.15, -0.1) is 11.3 Å². The molecule has 206 valence electrons. The normalized spacial score (nSPS) is 10.9. The quantitative estimate of drug-likeness (QED) is 0.0857. The number of halogens is 2. The summed E-state index contributed by atoms with van der Waals surface area (Å²) in [4.78, 5) is 17.3. The lowest BCUT2D eigenvalue weighted by Gasteiger charge is -2.13. The predicted molar refractivity (Wildman–Crippen MR) is 177 cm³/mol. The summed E-state index contributed by atoms with van der Waals surface area (Å²) in [5, 5.41) is 10.2. The van der Waals surface area contributed by atoms with E-state index in [1.807, 2.05) is 84.2 Å². The Hall–Kier alpha value is -3.74. The molecular weight excluding hydrogens is 715 g/mol. The highest BCUT2D eigenvalue weighted by atomic mass is 127. The number of nitrogens with zero attached hydrogens (tertiary/aromatic N) is 2. The van der Waals surface area contributed by atoms with E-state index in [-0.39, 0.29) is 5.91 Å². The molecule has 0 spiro atoms. The zero-order chi connectivity index (χ0) is 28.6. The molecule has 4 aromatic carbocycles. The Kier molecular flexibility index (Phi) is 9.65. The number of methoxy groups -OCH3 is 1. The van der Waals surface area contributed by atoms with E-state index in [4.69, 9.17) is 9.47 Å². The molecule has 0 radical (unpaired) electrons. The fraction of sp³-hybridized carbons (Fsp3) is 0.0645. The minimum Gasteiger partial charge on any atom is -0.493 e. The number of rotatable bonds is 10. The van der Waals surface area contributed by atoms with E-state index in [1.165, 1.54) is 11.3 Å². The van der Waals surface area contributed by atoms with Gasteiger partial charge in [0.2, 0.25) is 0 Å². The van der Waals surface area contributed by atoms with Crippen LogP contribution in [0.4, 0.5) is 10.8 Å². The second kappa shape index (κ2) is 13.7. The van der Waals surface area contributed by atoms with Gasteiger partial charge in [0.1, 0.15) is 6.61 Å². The Balaban J connectivity index is 1.18. The Bertz CT molecular complexity index is 1660. The van der Waals surface area contributed by atoms with Gasteiger partial charge in [0.25, 0.3) is 5.91 Å². The van der Waals surface area contributed by atoms with Crippen LogP contribution < -0.4 is 20.2 Å². The van der Waals surface area contributed by atoms with Crippen LogP contribution in [0.1, 0.15) is 21.5 Å². The molecule has 0 unspecified atom stereocenters. The molecule has 10 heteroatoms. The van der Waals surface area contributed by atoms with Crippen molar-refractivity contribution in [3.63, 3.8) is 0 Å². The van der Waals surface area contributed by atoms with Crippen LogP contribution in [0, 0.1) is 3.57 Å². The molecule has 1 amide bonds. The first kappa shape index (κ1) is 28.8. The van der Waals surface area contributed by atoms with Crippen molar-refractivity contribution in [1.29, 1.82) is 0 Å². The first-order valence-electron chi connectivity index (χ1n) is 12.4. The van der Waals surface area contributed by atoms with Gasteiger partial charge in [-0.3, -0.25) is 4.79 Å². The predicted octanol–water partition coefficient (Wildman–Crippen LogP) is 8.27. The molecule has 0 saturated carbocycles. The number of hydrogen-bond acceptors (Lipinski definition) is 7. The van der Waals surface area contributed by atoms with Gasteiger partial charge >= 0.3 is 0 Å². The number of carbonyl (C=O) groups is 1. The summed E-state index contributed by atoms with van der Waals surface area (Å²) in [5.41, 5.74) is 7.64. The van der Waals surface area contributed by atoms with Crippen LogP contribution in [-0.2, 0) is 6.61 Å². The molecular formula is C31H24BrIN4O3S. The van der Waals surface area contributed by atoms with Crippen molar-refractivity contribution in [3.05, 3.63) is 121 Å². The summed E-state index contributed by atoms with van der Waals surface area (Å²) >= 11 is 7.17. The zero-order valence-electron chi connectivity index (χ0n) is 21.8. The molecule has 5 aromatic rings. The van der Waals surface area contributed by atoms with Gasteiger partial charge in [0, 0.05) is 26.7 Å². The first-order valence-corrected chi connectivity index (χ1v) is 15.2. The number of benzene rings is 4. The lowest BCUT2D eigenvalue weighted by atomic mass is 10.1. The van der Waals surface area contributed by atoms with Crippen molar-refractivity contribution in [1.82, 2.24) is 10.4 Å². The number of amides is 1. The first-order chi connectivity index (χ1) is 20.0. The van der Waals surface area contributed by atoms with Crippen molar-refractivity contribution < 1.29 is 14.3 Å². The zero-order valence-corrected chi connectivity index (χ0v) is 26.4. The third-order valence-corrected chi connectivity index (χ3v) is 7.99. The number of carbonyl (C=O) groups excluding carboxylic acids is 1. The van der Waals surface area contributed by atoms with Crippen molar-refractivity contribution in [2.45, 2.75) is 6.61 Å². The molecule has 0 bridgehead atoms. The van der Waals surface area contributed by atoms with Gasteiger partial charge in [0.15, 0.2) is 16.6 Å². The average Bonchev–Trinajstić information content (AvgIpc) is 3.46. The van der Waals surface area contributed by atoms with Crippen molar-refractivity contribution in [3.8, 4) is 22.8 Å². The van der Waals surface area contributed by atoms with Crippen LogP contribution in [0.25, 0.3) is 11.3 Å². The largest absolute Gasteiger partial charge is 0.493 e. The van der Waals surface area contributed by atoms with E-state index < -0.39 is 0 Å². The molecule has 0 aliphatic carbocycles. The van der Waals surface area contributed by atoms with E-state index in [2.05, 4.69) is 59.3 Å². The summed E-state index contributed by atoms with van der Waals surface area (Å²) in [6.07, 6.45) is 1.58. The van der Waals surface area contributed by atoms with Gasteiger partial charge in [-0.25, -0.2) is 10.4 Å². The maximum Gasteiger partial charge on any atom is 0.271 e. The van der Waals surface area contributed by atoms with Crippen LogP contribution >= 0.6 is 49.9 Å². The van der Waals surface area contributed by atoms with E-state index in [1.54, 1.807) is 25.5 Å². The van der Waals surface area contributed by atoms with Gasteiger partial charge in [0.05, 0.1) is 22.6 Å². The molecule has 41 heavy (non-hydrogen) atoms. The highest BCUT2D eigenvalue weighted by Crippen LogP contribution is 2.34. The number of para-hydroxylation sites is 1. The molecule has 7 nitrogen and oxygen atoms in total. The summed E-state index contributed by atoms with van der Waals surface area (Å²) in [7, 11) is 1.59. The minimum atomic E-state index is -0.311. The Morgan fingerprint density at radius 1 is 1.05 bits per heavy atom. The van der Waals surface area contributed by atoms with Gasteiger partial charge in [-0.05, 0) is 82.2 Å². The summed E-state index contributed by atoms with van der Waals surface area (Å²) in [6.45, 7) is 0.413. The summed E-state index contributed by atoms with van der Waals surface area (Å²) in [5.74, 6) is 0.926. The molecule has 1 heterocycles. The van der Waals surface area contributed by atoms with E-state index in [9.17, 15) is 4.79 Å². The third kappa shape index (κ3) is 7.72. The van der Waals surface area contributed by atoms with E-state index >= 15 is 0 Å². The van der Waals surface area contributed by atoms with Crippen LogP contribution in [-0.4, -0.2) is 24.2 Å². The molecule has 0 atom stereocenters. The molecule has 0 fully saturated rings. The number of thiazole rings is 1. The molecule has 0 saturated heterocycles. The highest BCUT2D eigenvalue weighted by Gasteiger charge is 2.12. The molecule has 0 aliphatic heterocycles. The van der Waals surface area contributed by atoms with Gasteiger partial charge in [-0.2, -0.15) is 5.10 Å². The van der Waals surface area contributed by atoms with E-state index in [0.29, 0.717) is 23.7 Å². The van der Waals surface area contributed by atoms with Crippen molar-refractivity contribution >= 4 is 72.8 Å². The van der Waals surface area contributed by atoms with Crippen molar-refractivity contribution in [2.24, 2.45) is 5.10 Å². The third-order valence-electron chi connectivity index (χ3n) is 5.90. The standard InChI is InChI=1S/C31H24BrIN4O3S/c1-39-28-16-21(15-26(33)29(28)40-18-20-7-13-24(32)14-8-20)17-34-37-30(38)23-11-9-22(10-12-23)27-19-41-31(36-27)35-25-5-3-2-4-6-25/h2-17,19H,18H2,1H3,(H,35,36)(H,37,38)/b34-17-. The Morgan fingerprint density at radius 2 is 1.80 bits per heavy atom. The topological polar surface area (TPSA) is 84.8 Å². The number of aromatic nitrogens is 1. The lowest BCUT2D eigenvalue weighted by Crippen LogP contribution is -2.17. The van der Waals surface area contributed by atoms with Crippen LogP contribution in [0.3, 0.4) is 0 Å². The second-order valence-corrected chi connectivity index (χ2v) is 11.7. The maximum absolute atomic E-state index is 12.7. The van der Waals surface area contributed by atoms with Crippen LogP contribution in [0.2, 0.25) is 0 Å². The fourth-order valence-corrected chi connectivity index (χ4v) is 5.61. The smallest absolute Gasteiger partial charge is 0.271 e. The minimum absolute atomic E-state index is 0.311. The van der Waals surface area contributed by atoms with Crippen LogP contribution in [0.15, 0.2) is 106 Å². The Labute approximate surface area is 263 Å². The van der Waals surface area contributed by atoms with Gasteiger partial charge in [-0.1, -0.05) is 58.4 Å². The fourth-order valence-electron chi connectivity index (χ4n) is 3.82. The average molecular weight is 739 g/mol. The number of nitrogens with one attached hydrogen (secondary N) is 2. The molecule has 2 N–H and O–H groups in total. The summed E-state index contributed by atoms with van der Waals surface area (Å²) < 4.78 is 13.5. The Morgan fingerprint density at radius 3 is 2.54 bits per heavy atom. The number of anilines is 2.